The van der Waals surface area contributed by atoms with Crippen molar-refractivity contribution in [1.82, 2.24) is 15.1 Å². The van der Waals surface area contributed by atoms with Gasteiger partial charge in [0, 0.05) is 32.7 Å². The summed E-state index contributed by atoms with van der Waals surface area (Å²) in [6, 6.07) is 9.21. The Hall–Kier alpha value is -1.55. The smallest absolute Gasteiger partial charge is 0.318 e. The number of rotatable bonds is 3. The summed E-state index contributed by atoms with van der Waals surface area (Å²) in [7, 11) is 0. The highest BCUT2D eigenvalue weighted by molar-refractivity contribution is 5.77. The van der Waals surface area contributed by atoms with Crippen LogP contribution in [0.3, 0.4) is 0 Å². The summed E-state index contributed by atoms with van der Waals surface area (Å²) in [6.07, 6.45) is 0. The summed E-state index contributed by atoms with van der Waals surface area (Å²) in [4.78, 5) is 16.3. The van der Waals surface area contributed by atoms with E-state index in [0.29, 0.717) is 12.0 Å². The molecular formula is C16H23N3O. The summed E-state index contributed by atoms with van der Waals surface area (Å²) in [5.74, 6) is 0.553. The maximum atomic E-state index is 12.3. The lowest BCUT2D eigenvalue weighted by Crippen LogP contribution is -2.49. The minimum Gasteiger partial charge on any atom is -0.318 e. The number of hydrogen-bond donors (Lipinski definition) is 1. The molecule has 2 amide bonds. The molecule has 2 saturated heterocycles. The van der Waals surface area contributed by atoms with E-state index in [1.807, 2.05) is 9.80 Å². The summed E-state index contributed by atoms with van der Waals surface area (Å²) < 4.78 is 0. The van der Waals surface area contributed by atoms with Gasteiger partial charge in [-0.3, -0.25) is 0 Å². The molecule has 1 aromatic carbocycles. The minimum atomic E-state index is 0.199. The number of piperazine rings is 1. The molecule has 0 spiro atoms. The maximum Gasteiger partial charge on any atom is 0.320 e. The van der Waals surface area contributed by atoms with Crippen LogP contribution in [0.4, 0.5) is 4.79 Å². The van der Waals surface area contributed by atoms with E-state index in [4.69, 9.17) is 0 Å². The van der Waals surface area contributed by atoms with Crippen LogP contribution in [0.1, 0.15) is 30.9 Å². The van der Waals surface area contributed by atoms with Crippen LogP contribution < -0.4 is 5.32 Å². The lowest BCUT2D eigenvalue weighted by molar-refractivity contribution is 0.178. The van der Waals surface area contributed by atoms with E-state index < -0.39 is 0 Å². The predicted octanol–water partition coefficient (Wildman–Crippen LogP) is 2.02. The normalized spacial score (nSPS) is 22.6. The summed E-state index contributed by atoms with van der Waals surface area (Å²) in [5, 5.41) is 3.36. The molecule has 2 heterocycles. The monoisotopic (exact) mass is 273 g/mol. The van der Waals surface area contributed by atoms with Crippen molar-refractivity contribution < 1.29 is 4.79 Å². The molecule has 0 bridgehead atoms. The fourth-order valence-electron chi connectivity index (χ4n) is 3.05. The third-order valence-electron chi connectivity index (χ3n) is 4.32. The zero-order chi connectivity index (χ0) is 14.1. The Morgan fingerprint density at radius 1 is 1.30 bits per heavy atom. The number of hydrogen-bond acceptors (Lipinski definition) is 2. The van der Waals surface area contributed by atoms with E-state index in [9.17, 15) is 4.79 Å². The van der Waals surface area contributed by atoms with Gasteiger partial charge in [0.15, 0.2) is 0 Å². The zero-order valence-corrected chi connectivity index (χ0v) is 12.3. The number of nitrogens with one attached hydrogen (secondary N) is 1. The number of amides is 2. The number of benzene rings is 1. The maximum absolute atomic E-state index is 12.3. The van der Waals surface area contributed by atoms with Gasteiger partial charge in [-0.2, -0.15) is 0 Å². The van der Waals surface area contributed by atoms with Gasteiger partial charge in [0.1, 0.15) is 0 Å². The number of urea groups is 1. The fraction of sp³-hybridized carbons (Fsp3) is 0.562. The van der Waals surface area contributed by atoms with Crippen molar-refractivity contribution in [3.05, 3.63) is 35.4 Å². The van der Waals surface area contributed by atoms with Gasteiger partial charge in [0.05, 0.1) is 6.04 Å². The number of carbonyl (C=O) groups is 1. The van der Waals surface area contributed by atoms with Gasteiger partial charge < -0.3 is 15.1 Å². The lowest BCUT2D eigenvalue weighted by Gasteiger charge is -2.28. The highest BCUT2D eigenvalue weighted by Gasteiger charge is 2.38. The second kappa shape index (κ2) is 5.44. The quantitative estimate of drug-likeness (QED) is 0.914. The van der Waals surface area contributed by atoms with E-state index in [1.54, 1.807) is 0 Å². The van der Waals surface area contributed by atoms with Crippen molar-refractivity contribution in [1.29, 1.82) is 0 Å². The van der Waals surface area contributed by atoms with Crippen molar-refractivity contribution in [2.75, 3.05) is 26.2 Å². The number of fused-ring (bicyclic) bond motifs is 1. The molecule has 108 valence electrons. The van der Waals surface area contributed by atoms with Crippen LogP contribution in [0.15, 0.2) is 24.3 Å². The second-order valence-corrected chi connectivity index (χ2v) is 6.11. The van der Waals surface area contributed by atoms with Crippen molar-refractivity contribution in [2.45, 2.75) is 32.4 Å². The SMILES string of the molecule is CC(C)c1ccc(CN2CC3CNCCN3C2=O)cc1. The van der Waals surface area contributed by atoms with Crippen molar-refractivity contribution in [3.8, 4) is 0 Å². The molecule has 2 fully saturated rings. The van der Waals surface area contributed by atoms with Crippen LogP contribution in [0, 0.1) is 0 Å². The van der Waals surface area contributed by atoms with Crippen molar-refractivity contribution in [3.63, 3.8) is 0 Å². The molecule has 20 heavy (non-hydrogen) atoms. The van der Waals surface area contributed by atoms with Gasteiger partial charge in [-0.05, 0) is 17.0 Å². The Morgan fingerprint density at radius 3 is 2.70 bits per heavy atom. The van der Waals surface area contributed by atoms with Crippen LogP contribution in [0.25, 0.3) is 0 Å². The fourth-order valence-corrected chi connectivity index (χ4v) is 3.05. The molecular weight excluding hydrogens is 250 g/mol. The van der Waals surface area contributed by atoms with E-state index in [2.05, 4.69) is 43.4 Å². The molecule has 1 unspecified atom stereocenters. The third kappa shape index (κ3) is 2.52. The van der Waals surface area contributed by atoms with E-state index >= 15 is 0 Å². The minimum absolute atomic E-state index is 0.199. The highest BCUT2D eigenvalue weighted by Crippen LogP contribution is 2.21. The molecule has 0 aliphatic carbocycles. The van der Waals surface area contributed by atoms with Gasteiger partial charge in [0.2, 0.25) is 0 Å². The molecule has 3 rings (SSSR count). The van der Waals surface area contributed by atoms with Crippen LogP contribution in [0.2, 0.25) is 0 Å². The van der Waals surface area contributed by atoms with Gasteiger partial charge in [-0.25, -0.2) is 4.79 Å². The van der Waals surface area contributed by atoms with Crippen LogP contribution in [0.5, 0.6) is 0 Å². The molecule has 1 N–H and O–H groups in total. The van der Waals surface area contributed by atoms with Crippen molar-refractivity contribution >= 4 is 6.03 Å². The second-order valence-electron chi connectivity index (χ2n) is 6.11. The Morgan fingerprint density at radius 2 is 2.05 bits per heavy atom. The molecule has 0 aromatic heterocycles. The zero-order valence-electron chi connectivity index (χ0n) is 12.3. The topological polar surface area (TPSA) is 35.6 Å². The Bertz CT molecular complexity index is 483. The molecule has 2 aliphatic rings. The van der Waals surface area contributed by atoms with E-state index in [1.165, 1.54) is 11.1 Å². The molecule has 0 saturated carbocycles. The Kier molecular flexibility index (Phi) is 3.66. The molecule has 2 aliphatic heterocycles. The number of carbonyl (C=O) groups excluding carboxylic acids is 1. The number of nitrogens with zero attached hydrogens (tertiary/aromatic N) is 2. The van der Waals surface area contributed by atoms with Gasteiger partial charge in [0.25, 0.3) is 0 Å². The average Bonchev–Trinajstić information content (AvgIpc) is 2.77. The van der Waals surface area contributed by atoms with Gasteiger partial charge in [-0.1, -0.05) is 38.1 Å². The first-order chi connectivity index (χ1) is 9.65. The third-order valence-corrected chi connectivity index (χ3v) is 4.32. The van der Waals surface area contributed by atoms with Crippen LogP contribution in [-0.4, -0.2) is 48.1 Å². The standard InChI is InChI=1S/C16H23N3O/c1-12(2)14-5-3-13(4-6-14)10-18-11-15-9-17-7-8-19(15)16(18)20/h3-6,12,15,17H,7-11H2,1-2H3. The largest absolute Gasteiger partial charge is 0.320 e. The average molecular weight is 273 g/mol. The first kappa shape index (κ1) is 13.4. The summed E-state index contributed by atoms with van der Waals surface area (Å²) in [6.45, 7) is 8.65. The van der Waals surface area contributed by atoms with Crippen LogP contribution >= 0.6 is 0 Å². The highest BCUT2D eigenvalue weighted by atomic mass is 16.2. The van der Waals surface area contributed by atoms with E-state index in [0.717, 1.165) is 32.7 Å². The summed E-state index contributed by atoms with van der Waals surface area (Å²) in [5.41, 5.74) is 2.57. The molecule has 0 radical (unpaired) electrons. The van der Waals surface area contributed by atoms with E-state index in [-0.39, 0.29) is 6.03 Å². The predicted molar refractivity (Wildman–Crippen MR) is 79.7 cm³/mol. The Labute approximate surface area is 120 Å². The molecule has 1 atom stereocenters. The van der Waals surface area contributed by atoms with Gasteiger partial charge >= 0.3 is 6.03 Å². The summed E-state index contributed by atoms with van der Waals surface area (Å²) >= 11 is 0. The van der Waals surface area contributed by atoms with Crippen molar-refractivity contribution in [2.24, 2.45) is 0 Å². The van der Waals surface area contributed by atoms with Gasteiger partial charge in [-0.15, -0.1) is 0 Å². The van der Waals surface area contributed by atoms with Crippen LogP contribution in [-0.2, 0) is 6.54 Å². The first-order valence-corrected chi connectivity index (χ1v) is 7.50. The molecule has 4 nitrogen and oxygen atoms in total. The lowest BCUT2D eigenvalue weighted by atomic mass is 10.0. The molecule has 4 heteroatoms. The molecule has 1 aromatic rings. The first-order valence-electron chi connectivity index (χ1n) is 7.50. The Balaban J connectivity index is 1.67.